The van der Waals surface area contributed by atoms with Gasteiger partial charge in [0.05, 0.1) is 6.20 Å². The molecule has 0 aliphatic carbocycles. The Bertz CT molecular complexity index is 355. The molecule has 2 aromatic heterocycles. The van der Waals surface area contributed by atoms with Crippen LogP contribution in [0.3, 0.4) is 0 Å². The molecule has 3 nitrogen and oxygen atoms in total. The summed E-state index contributed by atoms with van der Waals surface area (Å²) < 4.78 is 0. The maximum atomic E-state index is 4.32. The van der Waals surface area contributed by atoms with Gasteiger partial charge in [0.15, 0.2) is 5.65 Å². The van der Waals surface area contributed by atoms with E-state index in [2.05, 4.69) is 28.2 Å². The van der Waals surface area contributed by atoms with Crippen molar-refractivity contribution in [1.82, 2.24) is 15.2 Å². The molecule has 15 heavy (non-hydrogen) atoms. The topological polar surface area (TPSA) is 41.6 Å². The highest BCUT2D eigenvalue weighted by Crippen LogP contribution is 2.12. The minimum absolute atomic E-state index is 0.869. The molecule has 0 unspecified atom stereocenters. The van der Waals surface area contributed by atoms with Crippen LogP contribution in [0, 0.1) is 13.8 Å². The molecule has 2 aromatic rings. The summed E-state index contributed by atoms with van der Waals surface area (Å²) in [5, 5.41) is 7.80. The van der Waals surface area contributed by atoms with Crippen LogP contribution in [0.15, 0.2) is 12.3 Å². The van der Waals surface area contributed by atoms with Gasteiger partial charge in [0.2, 0.25) is 0 Å². The first-order valence-corrected chi connectivity index (χ1v) is 5.55. The van der Waals surface area contributed by atoms with Crippen LogP contribution in [0.4, 0.5) is 0 Å². The number of fused-ring (bicyclic) bond motifs is 1. The number of rotatable bonds is 0. The maximum absolute atomic E-state index is 4.32. The van der Waals surface area contributed by atoms with E-state index in [0.29, 0.717) is 0 Å². The lowest BCUT2D eigenvalue weighted by atomic mass is 10.2. The molecule has 3 heteroatoms. The van der Waals surface area contributed by atoms with Crippen molar-refractivity contribution in [1.29, 1.82) is 0 Å². The first kappa shape index (κ1) is 13.6. The van der Waals surface area contributed by atoms with Gasteiger partial charge >= 0.3 is 0 Å². The van der Waals surface area contributed by atoms with Gasteiger partial charge in [-0.3, -0.25) is 5.10 Å². The predicted molar refractivity (Wildman–Crippen MR) is 66.1 cm³/mol. The number of nitrogens with zero attached hydrogens (tertiary/aromatic N) is 2. The SMILES string of the molecule is CC.CC.Cc1cc2cn[nH]c2nc1C. The minimum atomic E-state index is 0.869. The molecular weight excluding hydrogens is 186 g/mol. The first-order valence-electron chi connectivity index (χ1n) is 5.55. The summed E-state index contributed by atoms with van der Waals surface area (Å²) in [7, 11) is 0. The number of H-pyrrole nitrogens is 1. The molecule has 84 valence electrons. The van der Waals surface area contributed by atoms with E-state index in [1.54, 1.807) is 6.20 Å². The van der Waals surface area contributed by atoms with Crippen LogP contribution in [0.1, 0.15) is 39.0 Å². The molecule has 0 aromatic carbocycles. The molecule has 1 N–H and O–H groups in total. The Kier molecular flexibility index (Phi) is 6.34. The molecule has 0 amide bonds. The zero-order valence-electron chi connectivity index (χ0n) is 10.5. The van der Waals surface area contributed by atoms with Crippen LogP contribution < -0.4 is 0 Å². The predicted octanol–water partition coefficient (Wildman–Crippen LogP) is 3.63. The van der Waals surface area contributed by atoms with E-state index < -0.39 is 0 Å². The van der Waals surface area contributed by atoms with Gasteiger partial charge in [-0.05, 0) is 25.5 Å². The minimum Gasteiger partial charge on any atom is -0.261 e. The smallest absolute Gasteiger partial charge is 0.155 e. The van der Waals surface area contributed by atoms with Crippen molar-refractivity contribution < 1.29 is 0 Å². The second-order valence-electron chi connectivity index (χ2n) is 2.70. The Morgan fingerprint density at radius 2 is 1.67 bits per heavy atom. The maximum Gasteiger partial charge on any atom is 0.155 e. The number of aromatic amines is 1. The molecule has 2 heterocycles. The lowest BCUT2D eigenvalue weighted by Crippen LogP contribution is -1.86. The van der Waals surface area contributed by atoms with E-state index in [4.69, 9.17) is 0 Å². The van der Waals surface area contributed by atoms with Gasteiger partial charge in [0, 0.05) is 11.1 Å². The zero-order chi connectivity index (χ0) is 11.8. The number of aromatic nitrogens is 3. The van der Waals surface area contributed by atoms with Crippen molar-refractivity contribution in [3.05, 3.63) is 23.5 Å². The van der Waals surface area contributed by atoms with Crippen LogP contribution in [0.5, 0.6) is 0 Å². The lowest BCUT2D eigenvalue weighted by Gasteiger charge is -1.96. The van der Waals surface area contributed by atoms with Crippen molar-refractivity contribution >= 4 is 11.0 Å². The van der Waals surface area contributed by atoms with Crippen molar-refractivity contribution in [3.63, 3.8) is 0 Å². The molecule has 0 bridgehead atoms. The highest BCUT2D eigenvalue weighted by Gasteiger charge is 1.99. The Morgan fingerprint density at radius 3 is 2.27 bits per heavy atom. The molecule has 0 saturated heterocycles. The quantitative estimate of drug-likeness (QED) is 0.716. The van der Waals surface area contributed by atoms with Crippen LogP contribution in [-0.2, 0) is 0 Å². The fraction of sp³-hybridized carbons (Fsp3) is 0.500. The summed E-state index contributed by atoms with van der Waals surface area (Å²) in [6.45, 7) is 12.0. The van der Waals surface area contributed by atoms with Crippen molar-refractivity contribution in [2.45, 2.75) is 41.5 Å². The van der Waals surface area contributed by atoms with E-state index >= 15 is 0 Å². The number of nitrogens with one attached hydrogen (secondary N) is 1. The summed E-state index contributed by atoms with van der Waals surface area (Å²) in [6.07, 6.45) is 1.79. The summed E-state index contributed by atoms with van der Waals surface area (Å²) in [5.41, 5.74) is 3.13. The van der Waals surface area contributed by atoms with Gasteiger partial charge in [-0.2, -0.15) is 5.10 Å². The zero-order valence-corrected chi connectivity index (χ0v) is 10.5. The second kappa shape index (κ2) is 6.98. The Balaban J connectivity index is 0.000000442. The van der Waals surface area contributed by atoms with Gasteiger partial charge in [0.25, 0.3) is 0 Å². The highest BCUT2D eigenvalue weighted by atomic mass is 15.1. The largest absolute Gasteiger partial charge is 0.261 e. The molecule has 0 fully saturated rings. The van der Waals surface area contributed by atoms with Crippen LogP contribution in [0.2, 0.25) is 0 Å². The third-order valence-corrected chi connectivity index (χ3v) is 1.87. The lowest BCUT2D eigenvalue weighted by molar-refractivity contribution is 1.08. The van der Waals surface area contributed by atoms with E-state index in [1.165, 1.54) is 5.56 Å². The first-order chi connectivity index (χ1) is 7.27. The third kappa shape index (κ3) is 3.35. The normalized spacial score (nSPS) is 8.67. The molecule has 0 aliphatic rings. The standard InChI is InChI=1S/C8H9N3.2C2H6/c1-5-3-7-4-9-11-8(7)10-6(5)2;2*1-2/h3-4H,1-2H3,(H,9,10,11);2*1-2H3. The van der Waals surface area contributed by atoms with Gasteiger partial charge in [0.1, 0.15) is 0 Å². The molecule has 0 aliphatic heterocycles. The molecule has 0 saturated carbocycles. The average molecular weight is 207 g/mol. The summed E-state index contributed by atoms with van der Waals surface area (Å²) in [4.78, 5) is 4.32. The van der Waals surface area contributed by atoms with Crippen LogP contribution in [-0.4, -0.2) is 15.2 Å². The van der Waals surface area contributed by atoms with Gasteiger partial charge in [-0.25, -0.2) is 4.98 Å². The van der Waals surface area contributed by atoms with E-state index in [-0.39, 0.29) is 0 Å². The van der Waals surface area contributed by atoms with Gasteiger partial charge in [-0.1, -0.05) is 27.7 Å². The van der Waals surface area contributed by atoms with E-state index in [0.717, 1.165) is 16.7 Å². The van der Waals surface area contributed by atoms with Crippen molar-refractivity contribution in [2.75, 3.05) is 0 Å². The van der Waals surface area contributed by atoms with Gasteiger partial charge in [-0.15, -0.1) is 0 Å². The third-order valence-electron chi connectivity index (χ3n) is 1.87. The van der Waals surface area contributed by atoms with Crippen LogP contribution in [0.25, 0.3) is 11.0 Å². The van der Waals surface area contributed by atoms with E-state index in [9.17, 15) is 0 Å². The fourth-order valence-electron chi connectivity index (χ4n) is 1.08. The highest BCUT2D eigenvalue weighted by molar-refractivity contribution is 5.74. The fourth-order valence-corrected chi connectivity index (χ4v) is 1.08. The summed E-state index contributed by atoms with van der Waals surface area (Å²) in [6, 6.07) is 2.08. The molecule has 2 rings (SSSR count). The molecule has 0 radical (unpaired) electrons. The summed E-state index contributed by atoms with van der Waals surface area (Å²) in [5.74, 6) is 0. The molecule has 0 atom stereocenters. The molecular formula is C12H21N3. The number of hydrogen-bond donors (Lipinski definition) is 1. The second-order valence-corrected chi connectivity index (χ2v) is 2.70. The van der Waals surface area contributed by atoms with Crippen molar-refractivity contribution in [2.24, 2.45) is 0 Å². The Morgan fingerprint density at radius 1 is 1.07 bits per heavy atom. The average Bonchev–Trinajstić information content (AvgIpc) is 2.72. The number of aryl methyl sites for hydroxylation is 2. The summed E-state index contributed by atoms with van der Waals surface area (Å²) >= 11 is 0. The van der Waals surface area contributed by atoms with E-state index in [1.807, 2.05) is 34.6 Å². The molecule has 0 spiro atoms. The van der Waals surface area contributed by atoms with Crippen molar-refractivity contribution in [3.8, 4) is 0 Å². The number of hydrogen-bond acceptors (Lipinski definition) is 2. The monoisotopic (exact) mass is 207 g/mol. The Labute approximate surface area is 91.9 Å². The van der Waals surface area contributed by atoms with Gasteiger partial charge < -0.3 is 0 Å². The number of pyridine rings is 1. The van der Waals surface area contributed by atoms with Crippen LogP contribution >= 0.6 is 0 Å². The Hall–Kier alpha value is -1.38.